The molecule has 0 aliphatic rings. The van der Waals surface area contributed by atoms with Gasteiger partial charge in [0.1, 0.15) is 23.3 Å². The summed E-state index contributed by atoms with van der Waals surface area (Å²) in [6, 6.07) is 22.7. The molecule has 0 bridgehead atoms. The minimum absolute atomic E-state index is 0.241. The number of hydrogen-bond acceptors (Lipinski definition) is 3. The van der Waals surface area contributed by atoms with Crippen LogP contribution in [0.15, 0.2) is 93.5 Å². The van der Waals surface area contributed by atoms with E-state index in [1.807, 2.05) is 54.6 Å². The summed E-state index contributed by atoms with van der Waals surface area (Å²) in [5, 5.41) is 9.32. The van der Waals surface area contributed by atoms with E-state index in [2.05, 4.69) is 6.92 Å². The van der Waals surface area contributed by atoms with Gasteiger partial charge in [0.2, 0.25) is 4.90 Å². The number of para-hydroxylation sites is 1. The van der Waals surface area contributed by atoms with E-state index in [9.17, 15) is 31.4 Å². The molecular weight excluding hydrogens is 506 g/mol. The van der Waals surface area contributed by atoms with Gasteiger partial charge in [-0.3, -0.25) is 0 Å². The van der Waals surface area contributed by atoms with Gasteiger partial charge in [0, 0.05) is 0 Å². The number of alkyl halides is 6. The summed E-state index contributed by atoms with van der Waals surface area (Å²) in [6.07, 6.45) is -10.1. The molecule has 0 spiro atoms. The fraction of sp³-hybridized carbons (Fsp3) is 0.308. The first-order valence-electron chi connectivity index (χ1n) is 11.1. The van der Waals surface area contributed by atoms with Crippen molar-refractivity contribution in [3.63, 3.8) is 0 Å². The molecule has 0 aromatic heterocycles. The lowest BCUT2D eigenvalue weighted by atomic mass is 10.0. The zero-order valence-electron chi connectivity index (χ0n) is 19.3. The van der Waals surface area contributed by atoms with Gasteiger partial charge in [-0.25, -0.2) is 0 Å². The highest BCUT2D eigenvalue weighted by molar-refractivity contribution is 7.97. The van der Waals surface area contributed by atoms with Crippen LogP contribution in [0.1, 0.15) is 19.8 Å². The summed E-state index contributed by atoms with van der Waals surface area (Å²) in [6.45, 7) is 0.573. The van der Waals surface area contributed by atoms with E-state index in [-0.39, 0.29) is 5.75 Å². The van der Waals surface area contributed by atoms with Crippen molar-refractivity contribution in [3.8, 4) is 11.5 Å². The summed E-state index contributed by atoms with van der Waals surface area (Å²) in [5.41, 5.74) is -4.98. The van der Waals surface area contributed by atoms with E-state index in [4.69, 9.17) is 9.47 Å². The standard InChI is InChI=1S/C26H25F6O3S/c1-2-3-17-34-22-11-7-8-12-23(22)36(20-9-5-4-6-10-20)21-15-13-19(14-16-21)35-18-24(33,25(27,28)29)26(30,31)32/h4-16,33H,2-3,17-18H2,1H3/q+1. The second-order valence-electron chi connectivity index (χ2n) is 7.88. The van der Waals surface area contributed by atoms with E-state index >= 15 is 0 Å². The molecule has 10 heteroatoms. The molecule has 3 aromatic rings. The van der Waals surface area contributed by atoms with Crippen molar-refractivity contribution in [2.24, 2.45) is 0 Å². The largest absolute Gasteiger partial charge is 0.490 e. The second kappa shape index (κ2) is 11.5. The lowest BCUT2D eigenvalue weighted by molar-refractivity contribution is -0.373. The molecule has 0 fully saturated rings. The molecule has 3 nitrogen and oxygen atoms in total. The second-order valence-corrected chi connectivity index (χ2v) is 9.88. The SMILES string of the molecule is CCCCOc1ccccc1[S+](c1ccccc1)c1ccc(OCC(O)(C(F)(F)F)C(F)(F)F)cc1. The number of benzene rings is 3. The highest BCUT2D eigenvalue weighted by Gasteiger charge is 2.71. The molecule has 3 aromatic carbocycles. The van der Waals surface area contributed by atoms with Crippen LogP contribution in [-0.2, 0) is 10.9 Å². The van der Waals surface area contributed by atoms with Gasteiger partial charge in [0.25, 0.3) is 5.60 Å². The number of rotatable bonds is 10. The predicted molar refractivity (Wildman–Crippen MR) is 124 cm³/mol. The average Bonchev–Trinajstić information content (AvgIpc) is 2.84. The van der Waals surface area contributed by atoms with Crippen molar-refractivity contribution in [2.45, 2.75) is 52.4 Å². The van der Waals surface area contributed by atoms with Crippen molar-refractivity contribution in [1.82, 2.24) is 0 Å². The number of ether oxygens (including phenoxy) is 2. The zero-order chi connectivity index (χ0) is 26.4. The van der Waals surface area contributed by atoms with Crippen LogP contribution in [0.2, 0.25) is 0 Å². The van der Waals surface area contributed by atoms with Crippen molar-refractivity contribution in [1.29, 1.82) is 0 Å². The number of hydrogen-bond donors (Lipinski definition) is 1. The Morgan fingerprint density at radius 2 is 1.28 bits per heavy atom. The van der Waals surface area contributed by atoms with Gasteiger partial charge in [0.05, 0.1) is 6.61 Å². The first-order chi connectivity index (χ1) is 17.0. The van der Waals surface area contributed by atoms with Crippen molar-refractivity contribution < 1.29 is 40.9 Å². The highest BCUT2D eigenvalue weighted by Crippen LogP contribution is 2.43. The van der Waals surface area contributed by atoms with Crippen LogP contribution in [0.4, 0.5) is 26.3 Å². The molecule has 1 unspecified atom stereocenters. The average molecular weight is 532 g/mol. The Labute approximate surface area is 208 Å². The quantitative estimate of drug-likeness (QED) is 0.171. The predicted octanol–water partition coefficient (Wildman–Crippen LogP) is 7.20. The van der Waals surface area contributed by atoms with Crippen molar-refractivity contribution in [3.05, 3.63) is 78.9 Å². The molecule has 0 saturated heterocycles. The molecule has 0 amide bonds. The fourth-order valence-corrected chi connectivity index (χ4v) is 5.36. The van der Waals surface area contributed by atoms with Crippen LogP contribution in [0.25, 0.3) is 0 Å². The van der Waals surface area contributed by atoms with E-state index in [1.54, 1.807) is 12.1 Å². The Kier molecular flexibility index (Phi) is 8.84. The van der Waals surface area contributed by atoms with Gasteiger partial charge in [-0.15, -0.1) is 0 Å². The Morgan fingerprint density at radius 1 is 0.722 bits per heavy atom. The maximum absolute atomic E-state index is 12.9. The van der Waals surface area contributed by atoms with Gasteiger partial charge in [-0.1, -0.05) is 43.7 Å². The third-order valence-electron chi connectivity index (χ3n) is 5.25. The van der Waals surface area contributed by atoms with E-state index in [0.717, 1.165) is 27.5 Å². The van der Waals surface area contributed by atoms with E-state index in [1.165, 1.54) is 12.1 Å². The van der Waals surface area contributed by atoms with Crippen LogP contribution in [0.3, 0.4) is 0 Å². The lowest BCUT2D eigenvalue weighted by Gasteiger charge is -2.31. The first kappa shape index (κ1) is 27.7. The summed E-state index contributed by atoms with van der Waals surface area (Å²) in [5.74, 6) is 0.452. The fourth-order valence-electron chi connectivity index (χ4n) is 3.20. The Bertz CT molecular complexity index is 1090. The number of unbranched alkanes of at least 4 members (excludes halogenated alkanes) is 1. The summed E-state index contributed by atoms with van der Waals surface area (Å²) < 4.78 is 88.4. The van der Waals surface area contributed by atoms with Crippen LogP contribution in [0.5, 0.6) is 11.5 Å². The summed E-state index contributed by atoms with van der Waals surface area (Å²) >= 11 is 0. The van der Waals surface area contributed by atoms with Crippen LogP contribution in [-0.4, -0.2) is 36.3 Å². The van der Waals surface area contributed by atoms with E-state index < -0.39 is 35.5 Å². The first-order valence-corrected chi connectivity index (χ1v) is 12.3. The molecule has 36 heavy (non-hydrogen) atoms. The topological polar surface area (TPSA) is 38.7 Å². The van der Waals surface area contributed by atoms with Crippen molar-refractivity contribution in [2.75, 3.05) is 13.2 Å². The zero-order valence-corrected chi connectivity index (χ0v) is 20.1. The van der Waals surface area contributed by atoms with Gasteiger partial charge >= 0.3 is 12.4 Å². The molecule has 0 aliphatic heterocycles. The molecule has 3 rings (SSSR count). The Morgan fingerprint density at radius 3 is 1.86 bits per heavy atom. The van der Waals surface area contributed by atoms with Crippen molar-refractivity contribution >= 4 is 10.9 Å². The summed E-state index contributed by atoms with van der Waals surface area (Å²) in [7, 11) is -0.679. The molecule has 1 N–H and O–H groups in total. The molecule has 0 saturated carbocycles. The molecule has 0 radical (unpaired) electrons. The normalized spacial score (nSPS) is 13.3. The molecule has 1 atom stereocenters. The lowest BCUT2D eigenvalue weighted by Crippen LogP contribution is -2.60. The smallest absolute Gasteiger partial charge is 0.429 e. The van der Waals surface area contributed by atoms with Gasteiger partial charge in [0.15, 0.2) is 15.5 Å². The molecule has 194 valence electrons. The van der Waals surface area contributed by atoms with Gasteiger partial charge < -0.3 is 14.6 Å². The monoisotopic (exact) mass is 531 g/mol. The molecular formula is C26H25F6O3S+. The Hall–Kier alpha value is -2.85. The van der Waals surface area contributed by atoms with Gasteiger partial charge in [-0.2, -0.15) is 26.3 Å². The minimum atomic E-state index is -5.95. The highest BCUT2D eigenvalue weighted by atomic mass is 32.2. The van der Waals surface area contributed by atoms with Crippen LogP contribution >= 0.6 is 0 Å². The third kappa shape index (κ3) is 6.28. The molecule has 0 heterocycles. The maximum Gasteiger partial charge on any atom is 0.429 e. The van der Waals surface area contributed by atoms with E-state index in [0.29, 0.717) is 12.4 Å². The maximum atomic E-state index is 12.9. The Balaban J connectivity index is 1.91. The minimum Gasteiger partial charge on any atom is -0.490 e. The van der Waals surface area contributed by atoms with Gasteiger partial charge in [-0.05, 0) is 55.0 Å². The van der Waals surface area contributed by atoms with Crippen LogP contribution < -0.4 is 9.47 Å². The molecule has 0 aliphatic carbocycles. The summed E-state index contributed by atoms with van der Waals surface area (Å²) in [4.78, 5) is 2.58. The third-order valence-corrected chi connectivity index (χ3v) is 7.51. The number of aliphatic hydroxyl groups is 1. The van der Waals surface area contributed by atoms with Crippen LogP contribution in [0, 0.1) is 0 Å². The number of halogens is 6.